The lowest BCUT2D eigenvalue weighted by atomic mass is 9.90. The van der Waals surface area contributed by atoms with Crippen molar-refractivity contribution in [1.29, 1.82) is 0 Å². The minimum atomic E-state index is 0.121. The molecule has 2 atom stereocenters. The van der Waals surface area contributed by atoms with Crippen LogP contribution in [0.2, 0.25) is 0 Å². The predicted octanol–water partition coefficient (Wildman–Crippen LogP) is 1.60. The summed E-state index contributed by atoms with van der Waals surface area (Å²) < 4.78 is 7.54. The number of fused-ring (bicyclic) bond motifs is 2. The van der Waals surface area contributed by atoms with E-state index in [2.05, 4.69) is 10.3 Å². The van der Waals surface area contributed by atoms with Crippen LogP contribution in [-0.4, -0.2) is 51.1 Å². The molecular weight excluding hydrogens is 280 g/mol. The third-order valence-corrected chi connectivity index (χ3v) is 4.76. The molecule has 1 aromatic heterocycles. The molecule has 2 aliphatic rings. The summed E-state index contributed by atoms with van der Waals surface area (Å²) in [4.78, 5) is 14.7. The van der Waals surface area contributed by atoms with Gasteiger partial charge in [-0.05, 0) is 25.0 Å². The van der Waals surface area contributed by atoms with Gasteiger partial charge in [-0.2, -0.15) is 0 Å². The fourth-order valence-corrected chi connectivity index (χ4v) is 3.66. The van der Waals surface area contributed by atoms with Crippen LogP contribution in [0.4, 0.5) is 0 Å². The Bertz CT molecular complexity index is 682. The van der Waals surface area contributed by atoms with E-state index in [0.29, 0.717) is 13.2 Å². The van der Waals surface area contributed by atoms with Gasteiger partial charge in [0.15, 0.2) is 0 Å². The summed E-state index contributed by atoms with van der Waals surface area (Å²) in [5, 5.41) is 8.24. The van der Waals surface area contributed by atoms with Crippen molar-refractivity contribution in [3.05, 3.63) is 24.3 Å². The fraction of sp³-hybridized carbons (Fsp3) is 0.562. The molecule has 2 aromatic rings. The van der Waals surface area contributed by atoms with Gasteiger partial charge in [0, 0.05) is 6.54 Å². The average molecular weight is 300 g/mol. The van der Waals surface area contributed by atoms with Gasteiger partial charge in [0.25, 0.3) is 0 Å². The zero-order chi connectivity index (χ0) is 14.9. The Morgan fingerprint density at radius 3 is 3.09 bits per heavy atom. The highest BCUT2D eigenvalue weighted by Crippen LogP contribution is 2.28. The Balaban J connectivity index is 1.53. The Morgan fingerprint density at radius 2 is 2.14 bits per heavy atom. The molecule has 1 saturated carbocycles. The number of carbonyl (C=O) groups is 1. The number of hydrogen-bond acceptors (Lipinski definition) is 4. The summed E-state index contributed by atoms with van der Waals surface area (Å²) in [7, 11) is 0. The molecule has 1 saturated heterocycles. The molecule has 1 aliphatic carbocycles. The van der Waals surface area contributed by atoms with E-state index in [0.717, 1.165) is 23.9 Å². The van der Waals surface area contributed by atoms with Gasteiger partial charge in [-0.1, -0.05) is 30.2 Å². The van der Waals surface area contributed by atoms with Crippen molar-refractivity contribution in [2.45, 2.75) is 44.4 Å². The molecule has 6 nitrogen and oxygen atoms in total. The minimum absolute atomic E-state index is 0.121. The molecule has 2 fully saturated rings. The molecule has 22 heavy (non-hydrogen) atoms. The van der Waals surface area contributed by atoms with E-state index in [1.165, 1.54) is 12.8 Å². The fourth-order valence-electron chi connectivity index (χ4n) is 3.66. The number of rotatable bonds is 2. The second-order valence-corrected chi connectivity index (χ2v) is 6.08. The number of benzene rings is 1. The van der Waals surface area contributed by atoms with E-state index >= 15 is 0 Å². The van der Waals surface area contributed by atoms with E-state index in [-0.39, 0.29) is 24.6 Å². The third kappa shape index (κ3) is 2.37. The molecule has 4 rings (SSSR count). The van der Waals surface area contributed by atoms with Crippen molar-refractivity contribution in [2.75, 3.05) is 13.2 Å². The summed E-state index contributed by atoms with van der Waals surface area (Å²) >= 11 is 0. The lowest BCUT2D eigenvalue weighted by Gasteiger charge is -2.43. The van der Waals surface area contributed by atoms with Crippen LogP contribution in [0.15, 0.2) is 24.3 Å². The molecule has 6 heteroatoms. The van der Waals surface area contributed by atoms with E-state index in [1.54, 1.807) is 4.68 Å². The first-order valence-electron chi connectivity index (χ1n) is 8.02. The van der Waals surface area contributed by atoms with Gasteiger partial charge in [-0.25, -0.2) is 4.68 Å². The van der Waals surface area contributed by atoms with Crippen LogP contribution in [0.5, 0.6) is 0 Å². The number of ether oxygens (including phenoxy) is 1. The Labute approximate surface area is 129 Å². The van der Waals surface area contributed by atoms with Crippen LogP contribution in [0.25, 0.3) is 11.0 Å². The number of carbonyl (C=O) groups excluding carboxylic acids is 1. The van der Waals surface area contributed by atoms with Crippen molar-refractivity contribution in [3.8, 4) is 0 Å². The number of morpholine rings is 1. The molecular formula is C16H20N4O2. The highest BCUT2D eigenvalue weighted by molar-refractivity contribution is 5.80. The maximum atomic E-state index is 12.7. The number of aromatic nitrogens is 3. The molecule has 0 N–H and O–H groups in total. The number of amides is 1. The first-order valence-corrected chi connectivity index (χ1v) is 8.02. The Kier molecular flexibility index (Phi) is 3.54. The number of nitrogens with zero attached hydrogens (tertiary/aromatic N) is 4. The van der Waals surface area contributed by atoms with Crippen LogP contribution in [0, 0.1) is 0 Å². The zero-order valence-electron chi connectivity index (χ0n) is 12.5. The van der Waals surface area contributed by atoms with Crippen LogP contribution in [0.3, 0.4) is 0 Å². The highest BCUT2D eigenvalue weighted by Gasteiger charge is 2.36. The molecule has 0 unspecified atom stereocenters. The third-order valence-electron chi connectivity index (χ3n) is 4.76. The van der Waals surface area contributed by atoms with Crippen molar-refractivity contribution in [3.63, 3.8) is 0 Å². The van der Waals surface area contributed by atoms with Crippen molar-refractivity contribution in [1.82, 2.24) is 19.9 Å². The summed E-state index contributed by atoms with van der Waals surface area (Å²) in [6.07, 6.45) is 4.73. The van der Waals surface area contributed by atoms with Gasteiger partial charge < -0.3 is 9.64 Å². The zero-order valence-corrected chi connectivity index (χ0v) is 12.5. The summed E-state index contributed by atoms with van der Waals surface area (Å²) in [5.74, 6) is 0.121. The van der Waals surface area contributed by atoms with Gasteiger partial charge in [-0.3, -0.25) is 4.79 Å². The molecule has 1 aromatic carbocycles. The summed E-state index contributed by atoms with van der Waals surface area (Å²) in [6, 6.07) is 7.97. The van der Waals surface area contributed by atoms with Crippen LogP contribution < -0.4 is 0 Å². The monoisotopic (exact) mass is 300 g/mol. The van der Waals surface area contributed by atoms with Crippen LogP contribution >= 0.6 is 0 Å². The first kappa shape index (κ1) is 13.7. The Hall–Kier alpha value is -1.95. The van der Waals surface area contributed by atoms with Crippen molar-refractivity contribution in [2.24, 2.45) is 0 Å². The van der Waals surface area contributed by atoms with E-state index in [4.69, 9.17) is 4.74 Å². The molecule has 0 spiro atoms. The van der Waals surface area contributed by atoms with Crippen LogP contribution in [0.1, 0.15) is 25.7 Å². The lowest BCUT2D eigenvalue weighted by Crippen LogP contribution is -2.55. The molecule has 2 heterocycles. The van der Waals surface area contributed by atoms with Gasteiger partial charge in [0.2, 0.25) is 5.91 Å². The van der Waals surface area contributed by atoms with E-state index in [1.807, 2.05) is 29.2 Å². The molecule has 0 radical (unpaired) electrons. The Morgan fingerprint density at radius 1 is 1.27 bits per heavy atom. The summed E-state index contributed by atoms with van der Waals surface area (Å²) in [5.41, 5.74) is 1.73. The number of hydrogen-bond donors (Lipinski definition) is 0. The second-order valence-electron chi connectivity index (χ2n) is 6.08. The van der Waals surface area contributed by atoms with E-state index in [9.17, 15) is 4.79 Å². The first-order chi connectivity index (χ1) is 10.8. The van der Waals surface area contributed by atoms with Gasteiger partial charge >= 0.3 is 0 Å². The van der Waals surface area contributed by atoms with Crippen molar-refractivity contribution < 1.29 is 9.53 Å². The maximum absolute atomic E-state index is 12.7. The lowest BCUT2D eigenvalue weighted by molar-refractivity contribution is -0.150. The predicted molar refractivity (Wildman–Crippen MR) is 81.2 cm³/mol. The number of para-hydroxylation sites is 1. The van der Waals surface area contributed by atoms with Gasteiger partial charge in [-0.15, -0.1) is 5.10 Å². The quantitative estimate of drug-likeness (QED) is 0.845. The standard InChI is InChI=1S/C16H20N4O2/c21-16(11-20-13-6-2-1-5-12(13)17-18-20)19-9-10-22-15-8-4-3-7-14(15)19/h1-2,5-6,14-15H,3-4,7-11H2/t14-,15+/m0/s1. The topological polar surface area (TPSA) is 60.2 Å². The van der Waals surface area contributed by atoms with Crippen LogP contribution in [-0.2, 0) is 16.1 Å². The maximum Gasteiger partial charge on any atom is 0.244 e. The van der Waals surface area contributed by atoms with Gasteiger partial charge in [0.1, 0.15) is 12.1 Å². The molecule has 1 amide bonds. The molecule has 116 valence electrons. The highest BCUT2D eigenvalue weighted by atomic mass is 16.5. The minimum Gasteiger partial charge on any atom is -0.374 e. The largest absolute Gasteiger partial charge is 0.374 e. The molecule has 1 aliphatic heterocycles. The van der Waals surface area contributed by atoms with Crippen molar-refractivity contribution >= 4 is 16.9 Å². The summed E-state index contributed by atoms with van der Waals surface area (Å²) in [6.45, 7) is 1.58. The SMILES string of the molecule is O=C(Cn1nnc2ccccc21)N1CCO[C@@H]2CCCC[C@@H]21. The normalized spacial score (nSPS) is 25.2. The second kappa shape index (κ2) is 5.68. The average Bonchev–Trinajstić information content (AvgIpc) is 2.97. The molecule has 0 bridgehead atoms. The van der Waals surface area contributed by atoms with Gasteiger partial charge in [0.05, 0.1) is 24.3 Å². The smallest absolute Gasteiger partial charge is 0.244 e. The van der Waals surface area contributed by atoms with E-state index < -0.39 is 0 Å².